The zero-order chi connectivity index (χ0) is 12.6. The maximum atomic E-state index is 12.2. The Kier molecular flexibility index (Phi) is 3.39. The molecule has 4 nitrogen and oxygen atoms in total. The van der Waals surface area contributed by atoms with E-state index in [9.17, 15) is 4.79 Å². The summed E-state index contributed by atoms with van der Waals surface area (Å²) >= 11 is 1.64. The number of fused-ring (bicyclic) bond motifs is 2. The first-order valence-electron chi connectivity index (χ1n) is 6.02. The zero-order valence-corrected chi connectivity index (χ0v) is 11.7. The predicted molar refractivity (Wildman–Crippen MR) is 70.7 cm³/mol. The van der Waals surface area contributed by atoms with Gasteiger partial charge in [-0.3, -0.25) is 9.89 Å². The Balaban J connectivity index is 2.12. The molecule has 1 amide bonds. The van der Waals surface area contributed by atoms with Gasteiger partial charge in [0, 0.05) is 0 Å². The Labute approximate surface area is 107 Å². The number of hydrogen-bond acceptors (Lipinski definition) is 4. The highest BCUT2D eigenvalue weighted by Gasteiger charge is 2.43. The fourth-order valence-electron chi connectivity index (χ4n) is 2.40. The number of aliphatic imine (C=N–C) groups is 1. The first-order valence-corrected chi connectivity index (χ1v) is 7.24. The van der Waals surface area contributed by atoms with Crippen LogP contribution in [0.4, 0.5) is 4.79 Å². The highest BCUT2D eigenvalue weighted by atomic mass is 32.2. The Morgan fingerprint density at radius 3 is 2.76 bits per heavy atom. The standard InChI is InChI=1S/C12H20N2O2S/c1-12(2,3)16-11(15)14-8-5-6-9(14)10(17-4)13-7-8/h8-9H,5-7H2,1-4H3. The highest BCUT2D eigenvalue weighted by Crippen LogP contribution is 2.33. The Morgan fingerprint density at radius 2 is 2.18 bits per heavy atom. The highest BCUT2D eigenvalue weighted by molar-refractivity contribution is 8.13. The molecular formula is C12H20N2O2S. The van der Waals surface area contributed by atoms with Gasteiger partial charge in [-0.2, -0.15) is 0 Å². The normalized spacial score (nSPS) is 28.0. The van der Waals surface area contributed by atoms with Crippen molar-refractivity contribution < 1.29 is 9.53 Å². The molecule has 2 aliphatic heterocycles. The number of hydrogen-bond donors (Lipinski definition) is 0. The minimum Gasteiger partial charge on any atom is -0.444 e. The van der Waals surface area contributed by atoms with Gasteiger partial charge in [0.1, 0.15) is 5.60 Å². The second-order valence-electron chi connectivity index (χ2n) is 5.52. The third kappa shape index (κ3) is 2.59. The van der Waals surface area contributed by atoms with Crippen LogP contribution in [0.1, 0.15) is 33.6 Å². The molecule has 0 spiro atoms. The Hall–Kier alpha value is -0.710. The molecule has 2 heterocycles. The van der Waals surface area contributed by atoms with E-state index in [0.717, 1.165) is 24.4 Å². The molecule has 0 aromatic heterocycles. The average Bonchev–Trinajstić information content (AvgIpc) is 2.52. The van der Waals surface area contributed by atoms with E-state index in [4.69, 9.17) is 4.74 Å². The summed E-state index contributed by atoms with van der Waals surface area (Å²) in [6.07, 6.45) is 3.89. The van der Waals surface area contributed by atoms with Crippen molar-refractivity contribution in [2.75, 3.05) is 12.8 Å². The average molecular weight is 256 g/mol. The fourth-order valence-corrected chi connectivity index (χ4v) is 3.10. The Morgan fingerprint density at radius 1 is 1.47 bits per heavy atom. The van der Waals surface area contributed by atoms with Gasteiger partial charge in [-0.1, -0.05) is 0 Å². The number of ether oxygens (including phenoxy) is 1. The number of thioether (sulfide) groups is 1. The van der Waals surface area contributed by atoms with E-state index >= 15 is 0 Å². The van der Waals surface area contributed by atoms with Crippen LogP contribution in [0.3, 0.4) is 0 Å². The van der Waals surface area contributed by atoms with Crippen molar-refractivity contribution in [2.24, 2.45) is 4.99 Å². The van der Waals surface area contributed by atoms with Crippen molar-refractivity contribution >= 4 is 22.9 Å². The van der Waals surface area contributed by atoms with Gasteiger partial charge in [-0.05, 0) is 39.9 Å². The summed E-state index contributed by atoms with van der Waals surface area (Å²) in [7, 11) is 0. The van der Waals surface area contributed by atoms with Crippen LogP contribution in [-0.2, 0) is 4.74 Å². The SMILES string of the molecule is CSC1=NCC2CCC1N2C(=O)OC(C)(C)C. The van der Waals surface area contributed by atoms with E-state index in [2.05, 4.69) is 4.99 Å². The molecule has 0 saturated carbocycles. The maximum Gasteiger partial charge on any atom is 0.411 e. The van der Waals surface area contributed by atoms with Gasteiger partial charge in [0.25, 0.3) is 0 Å². The summed E-state index contributed by atoms with van der Waals surface area (Å²) < 4.78 is 5.47. The lowest BCUT2D eigenvalue weighted by atomic mass is 10.2. The fraction of sp³-hybridized carbons (Fsp3) is 0.833. The van der Waals surface area contributed by atoms with Gasteiger partial charge < -0.3 is 4.74 Å². The third-order valence-corrected chi connectivity index (χ3v) is 3.88. The van der Waals surface area contributed by atoms with Crippen LogP contribution < -0.4 is 0 Å². The van der Waals surface area contributed by atoms with Crippen LogP contribution >= 0.6 is 11.8 Å². The van der Waals surface area contributed by atoms with Gasteiger partial charge in [-0.25, -0.2) is 4.79 Å². The first kappa shape index (κ1) is 12.7. The molecule has 0 aromatic rings. The van der Waals surface area contributed by atoms with Crippen molar-refractivity contribution in [3.63, 3.8) is 0 Å². The summed E-state index contributed by atoms with van der Waals surface area (Å²) in [5, 5.41) is 1.07. The summed E-state index contributed by atoms with van der Waals surface area (Å²) in [5.41, 5.74) is -0.426. The van der Waals surface area contributed by atoms with Crippen molar-refractivity contribution in [2.45, 2.75) is 51.3 Å². The van der Waals surface area contributed by atoms with Crippen LogP contribution in [0.15, 0.2) is 4.99 Å². The molecule has 0 N–H and O–H groups in total. The topological polar surface area (TPSA) is 41.9 Å². The number of rotatable bonds is 0. The van der Waals surface area contributed by atoms with Crippen LogP contribution in [0.5, 0.6) is 0 Å². The molecule has 0 radical (unpaired) electrons. The molecule has 2 aliphatic rings. The number of amides is 1. The molecule has 2 rings (SSSR count). The van der Waals surface area contributed by atoms with Gasteiger partial charge in [0.05, 0.1) is 23.7 Å². The third-order valence-electron chi connectivity index (χ3n) is 3.06. The lowest BCUT2D eigenvalue weighted by Gasteiger charge is -2.35. The summed E-state index contributed by atoms with van der Waals surface area (Å²) in [6, 6.07) is 0.393. The molecule has 0 aromatic carbocycles. The molecular weight excluding hydrogens is 236 g/mol. The van der Waals surface area contributed by atoms with Gasteiger partial charge in [0.2, 0.25) is 0 Å². The molecule has 1 fully saturated rings. The van der Waals surface area contributed by atoms with E-state index in [1.54, 1.807) is 11.8 Å². The van der Waals surface area contributed by atoms with Crippen LogP contribution in [0.25, 0.3) is 0 Å². The summed E-state index contributed by atoms with van der Waals surface area (Å²) in [4.78, 5) is 18.6. The molecule has 17 heavy (non-hydrogen) atoms. The van der Waals surface area contributed by atoms with E-state index < -0.39 is 5.60 Å². The molecule has 5 heteroatoms. The van der Waals surface area contributed by atoms with Crippen LogP contribution in [-0.4, -0.2) is 46.5 Å². The van der Waals surface area contributed by atoms with E-state index in [0.29, 0.717) is 0 Å². The maximum absolute atomic E-state index is 12.2. The predicted octanol–water partition coefficient (Wildman–Crippen LogP) is 2.53. The quantitative estimate of drug-likeness (QED) is 0.669. The molecule has 1 saturated heterocycles. The van der Waals surface area contributed by atoms with E-state index in [-0.39, 0.29) is 18.2 Å². The number of carbonyl (C=O) groups excluding carboxylic acids is 1. The smallest absolute Gasteiger partial charge is 0.411 e. The lowest BCUT2D eigenvalue weighted by molar-refractivity contribution is 0.0191. The van der Waals surface area contributed by atoms with E-state index in [1.807, 2.05) is 31.9 Å². The molecule has 96 valence electrons. The second kappa shape index (κ2) is 4.52. The Bertz CT molecular complexity index is 349. The van der Waals surface area contributed by atoms with Crippen molar-refractivity contribution in [3.05, 3.63) is 0 Å². The molecule has 2 unspecified atom stereocenters. The molecule has 2 atom stereocenters. The summed E-state index contributed by atoms with van der Waals surface area (Å²) in [6.45, 7) is 6.44. The van der Waals surface area contributed by atoms with Gasteiger partial charge >= 0.3 is 6.09 Å². The summed E-state index contributed by atoms with van der Waals surface area (Å²) in [5.74, 6) is 0. The van der Waals surface area contributed by atoms with Gasteiger partial charge in [-0.15, -0.1) is 11.8 Å². The van der Waals surface area contributed by atoms with Crippen LogP contribution in [0.2, 0.25) is 0 Å². The molecule has 2 bridgehead atoms. The minimum atomic E-state index is -0.426. The first-order chi connectivity index (χ1) is 7.92. The number of carbonyl (C=O) groups is 1. The minimum absolute atomic E-state index is 0.151. The van der Waals surface area contributed by atoms with E-state index in [1.165, 1.54) is 0 Å². The zero-order valence-electron chi connectivity index (χ0n) is 10.9. The van der Waals surface area contributed by atoms with Crippen molar-refractivity contribution in [1.82, 2.24) is 4.90 Å². The van der Waals surface area contributed by atoms with Crippen molar-refractivity contribution in [3.8, 4) is 0 Å². The van der Waals surface area contributed by atoms with Crippen LogP contribution in [0, 0.1) is 0 Å². The van der Waals surface area contributed by atoms with Crippen molar-refractivity contribution in [1.29, 1.82) is 0 Å². The number of nitrogens with zero attached hydrogens (tertiary/aromatic N) is 2. The largest absolute Gasteiger partial charge is 0.444 e. The lowest BCUT2D eigenvalue weighted by Crippen LogP contribution is -2.50. The second-order valence-corrected chi connectivity index (χ2v) is 6.34. The monoisotopic (exact) mass is 256 g/mol. The molecule has 0 aliphatic carbocycles. The van der Waals surface area contributed by atoms with Gasteiger partial charge in [0.15, 0.2) is 0 Å².